The van der Waals surface area contributed by atoms with E-state index in [4.69, 9.17) is 0 Å². The van der Waals surface area contributed by atoms with Gasteiger partial charge in [0.15, 0.2) is 0 Å². The van der Waals surface area contributed by atoms with Gasteiger partial charge in [-0.15, -0.1) is 0 Å². The van der Waals surface area contributed by atoms with Crippen LogP contribution in [0.4, 0.5) is 16.3 Å². The molecule has 5 rings (SSSR count). The van der Waals surface area contributed by atoms with Crippen LogP contribution in [0.25, 0.3) is 16.8 Å². The van der Waals surface area contributed by atoms with Gasteiger partial charge in [0.25, 0.3) is 0 Å². The van der Waals surface area contributed by atoms with Crippen molar-refractivity contribution in [2.24, 2.45) is 7.05 Å². The predicted molar refractivity (Wildman–Crippen MR) is 115 cm³/mol. The molecule has 1 N–H and O–H groups in total. The molecule has 31 heavy (non-hydrogen) atoms. The maximum atomic E-state index is 13.0. The molecule has 156 valence electrons. The Bertz CT molecular complexity index is 1300. The Morgan fingerprint density at radius 3 is 2.45 bits per heavy atom. The third-order valence-electron chi connectivity index (χ3n) is 5.52. The maximum absolute atomic E-state index is 13.0. The van der Waals surface area contributed by atoms with Gasteiger partial charge in [-0.25, -0.2) is 23.8 Å². The average molecular weight is 416 g/mol. The number of nitrogens with zero attached hydrogens (tertiary/aromatic N) is 7. The highest BCUT2D eigenvalue weighted by molar-refractivity contribution is 6.06. The van der Waals surface area contributed by atoms with Gasteiger partial charge in [0, 0.05) is 32.5 Å². The number of carbonyl (C=O) groups excluding carboxylic acids is 1. The molecule has 3 aromatic heterocycles. The molecule has 0 aliphatic carbocycles. The first-order valence-corrected chi connectivity index (χ1v) is 9.79. The van der Waals surface area contributed by atoms with Crippen LogP contribution in [0.5, 0.6) is 0 Å². The predicted octanol–water partition coefficient (Wildman–Crippen LogP) is 2.11. The number of hydrogen-bond donors (Lipinski definition) is 1. The molecule has 1 aromatic carbocycles. The van der Waals surface area contributed by atoms with Crippen LogP contribution < -0.4 is 15.5 Å². The summed E-state index contributed by atoms with van der Waals surface area (Å²) in [5.41, 5.74) is 4.13. The maximum Gasteiger partial charge on any atom is 0.350 e. The number of aryl methyl sites for hydroxylation is 1. The van der Waals surface area contributed by atoms with Crippen LogP contribution in [0.2, 0.25) is 0 Å². The van der Waals surface area contributed by atoms with Crippen molar-refractivity contribution < 1.29 is 4.79 Å². The highest BCUT2D eigenvalue weighted by Crippen LogP contribution is 2.32. The number of rotatable bonds is 4. The van der Waals surface area contributed by atoms with Crippen molar-refractivity contribution in [3.05, 3.63) is 71.3 Å². The van der Waals surface area contributed by atoms with Crippen molar-refractivity contribution in [3.63, 3.8) is 0 Å². The van der Waals surface area contributed by atoms with Crippen molar-refractivity contribution in [1.29, 1.82) is 0 Å². The molecule has 1 saturated heterocycles. The summed E-state index contributed by atoms with van der Waals surface area (Å²) in [4.78, 5) is 32.9. The van der Waals surface area contributed by atoms with Gasteiger partial charge < -0.3 is 0 Å². The molecule has 10 heteroatoms. The van der Waals surface area contributed by atoms with Gasteiger partial charge in [-0.2, -0.15) is 10.2 Å². The third-order valence-corrected chi connectivity index (χ3v) is 5.52. The van der Waals surface area contributed by atoms with Gasteiger partial charge in [0.05, 0.1) is 17.6 Å². The van der Waals surface area contributed by atoms with Crippen molar-refractivity contribution in [2.75, 3.05) is 22.9 Å². The lowest BCUT2D eigenvalue weighted by Gasteiger charge is -2.20. The second kappa shape index (κ2) is 7.24. The fourth-order valence-corrected chi connectivity index (χ4v) is 3.84. The van der Waals surface area contributed by atoms with E-state index in [0.29, 0.717) is 18.9 Å². The third kappa shape index (κ3) is 3.08. The number of pyridine rings is 1. The van der Waals surface area contributed by atoms with Gasteiger partial charge in [0.1, 0.15) is 12.1 Å². The fourth-order valence-electron chi connectivity index (χ4n) is 3.84. The zero-order valence-corrected chi connectivity index (χ0v) is 17.1. The summed E-state index contributed by atoms with van der Waals surface area (Å²) in [5.74, 6) is 0.640. The van der Waals surface area contributed by atoms with E-state index >= 15 is 0 Å². The molecule has 0 unspecified atom stereocenters. The van der Waals surface area contributed by atoms with Crippen molar-refractivity contribution in [3.8, 4) is 16.8 Å². The number of benzene rings is 1. The van der Waals surface area contributed by atoms with Crippen LogP contribution in [0.15, 0.2) is 60.0 Å². The van der Waals surface area contributed by atoms with E-state index in [2.05, 4.69) is 20.3 Å². The molecular weight excluding hydrogens is 396 g/mol. The lowest BCUT2D eigenvalue weighted by Crippen LogP contribution is -2.32. The van der Waals surface area contributed by atoms with E-state index in [-0.39, 0.29) is 11.7 Å². The molecule has 2 amide bonds. The smallest absolute Gasteiger partial charge is 0.289 e. The molecule has 0 atom stereocenters. The molecule has 1 fully saturated rings. The summed E-state index contributed by atoms with van der Waals surface area (Å²) in [6, 6.07) is 9.45. The number of aromatic amines is 1. The Kier molecular flexibility index (Phi) is 4.39. The zero-order chi connectivity index (χ0) is 21.5. The minimum absolute atomic E-state index is 0.125. The number of urea groups is 1. The number of aromatic nitrogens is 6. The number of nitrogens with one attached hydrogen (secondary N) is 1. The molecule has 0 bridgehead atoms. The average Bonchev–Trinajstić information content (AvgIpc) is 3.51. The summed E-state index contributed by atoms with van der Waals surface area (Å²) < 4.78 is 2.77. The van der Waals surface area contributed by atoms with Gasteiger partial charge in [-0.1, -0.05) is 12.1 Å². The number of amides is 2. The van der Waals surface area contributed by atoms with Crippen LogP contribution in [-0.2, 0) is 7.05 Å². The minimum atomic E-state index is -0.204. The Balaban J connectivity index is 1.46. The summed E-state index contributed by atoms with van der Waals surface area (Å²) in [7, 11) is 1.61. The number of anilines is 2. The van der Waals surface area contributed by atoms with Gasteiger partial charge in [-0.05, 0) is 41.8 Å². The Morgan fingerprint density at radius 1 is 1.00 bits per heavy atom. The molecular formula is C21H20N8O2. The monoisotopic (exact) mass is 416 g/mol. The zero-order valence-electron chi connectivity index (χ0n) is 17.1. The first kappa shape index (κ1) is 18.8. The van der Waals surface area contributed by atoms with E-state index in [1.54, 1.807) is 35.4 Å². The van der Waals surface area contributed by atoms with E-state index in [1.165, 1.54) is 15.6 Å². The second-order valence-electron chi connectivity index (χ2n) is 7.30. The van der Waals surface area contributed by atoms with E-state index in [9.17, 15) is 9.59 Å². The van der Waals surface area contributed by atoms with Crippen molar-refractivity contribution >= 4 is 17.5 Å². The molecule has 1 aliphatic rings. The minimum Gasteiger partial charge on any atom is -0.289 e. The topological polar surface area (TPSA) is 105 Å². The van der Waals surface area contributed by atoms with Crippen molar-refractivity contribution in [2.45, 2.75) is 6.92 Å². The summed E-state index contributed by atoms with van der Waals surface area (Å²) in [5, 5.41) is 10.7. The lowest BCUT2D eigenvalue weighted by atomic mass is 10.0. The second-order valence-corrected chi connectivity index (χ2v) is 7.30. The lowest BCUT2D eigenvalue weighted by molar-refractivity contribution is 0.255. The molecule has 0 spiro atoms. The largest absolute Gasteiger partial charge is 0.350 e. The standard InChI is InChI=1S/C21H20N8O2/c1-14-18(15-3-5-16(6-4-15)29-13-25-26(2)20(29)30)7-8-22-19(14)28-10-9-27(21(28)31)17-11-23-24-12-17/h3-8,11-13H,9-10H2,1-2H3,(H,23,24). The molecule has 0 radical (unpaired) electrons. The quantitative estimate of drug-likeness (QED) is 0.549. The first-order valence-electron chi connectivity index (χ1n) is 9.79. The normalized spacial score (nSPS) is 13.9. The van der Waals surface area contributed by atoms with Crippen LogP contribution in [0, 0.1) is 6.92 Å². The van der Waals surface area contributed by atoms with Gasteiger partial charge >= 0.3 is 11.7 Å². The molecule has 1 aliphatic heterocycles. The van der Waals surface area contributed by atoms with Crippen LogP contribution in [-0.4, -0.2) is 48.6 Å². The van der Waals surface area contributed by atoms with E-state index < -0.39 is 0 Å². The van der Waals surface area contributed by atoms with Crippen LogP contribution in [0.1, 0.15) is 5.56 Å². The highest BCUT2D eigenvalue weighted by Gasteiger charge is 2.33. The Hall–Kier alpha value is -4.21. The fraction of sp³-hybridized carbons (Fsp3) is 0.190. The van der Waals surface area contributed by atoms with Crippen LogP contribution in [0.3, 0.4) is 0 Å². The number of carbonyl (C=O) groups is 1. The number of H-pyrrole nitrogens is 1. The Labute approximate surface area is 177 Å². The highest BCUT2D eigenvalue weighted by atomic mass is 16.2. The van der Waals surface area contributed by atoms with Gasteiger partial charge in [0.2, 0.25) is 0 Å². The van der Waals surface area contributed by atoms with Crippen LogP contribution >= 0.6 is 0 Å². The van der Waals surface area contributed by atoms with E-state index in [0.717, 1.165) is 28.1 Å². The number of hydrogen-bond acceptors (Lipinski definition) is 5. The summed E-state index contributed by atoms with van der Waals surface area (Å²) in [6.45, 7) is 3.08. The SMILES string of the molecule is Cc1c(-c2ccc(-n3cnn(C)c3=O)cc2)ccnc1N1CCN(c2cn[nH]c2)C1=O. The van der Waals surface area contributed by atoms with Gasteiger partial charge in [-0.3, -0.25) is 14.9 Å². The summed E-state index contributed by atoms with van der Waals surface area (Å²) in [6.07, 6.45) is 6.54. The van der Waals surface area contributed by atoms with Crippen molar-refractivity contribution in [1.82, 2.24) is 29.5 Å². The first-order chi connectivity index (χ1) is 15.0. The molecule has 0 saturated carbocycles. The Morgan fingerprint density at radius 2 is 1.77 bits per heavy atom. The molecule has 10 nitrogen and oxygen atoms in total. The van der Waals surface area contributed by atoms with E-state index in [1.807, 2.05) is 37.3 Å². The molecule has 4 heterocycles. The summed E-state index contributed by atoms with van der Waals surface area (Å²) >= 11 is 0. The molecule has 4 aromatic rings.